The molecule has 1 unspecified atom stereocenters. The number of nitrogens with one attached hydrogen (secondary N) is 1. The van der Waals surface area contributed by atoms with Crippen molar-refractivity contribution < 1.29 is 14.3 Å². The summed E-state index contributed by atoms with van der Waals surface area (Å²) in [7, 11) is 0. The molecule has 0 bridgehead atoms. The van der Waals surface area contributed by atoms with E-state index >= 15 is 0 Å². The Bertz CT molecular complexity index is 1220. The summed E-state index contributed by atoms with van der Waals surface area (Å²) in [6.07, 6.45) is -0.0813. The van der Waals surface area contributed by atoms with Crippen molar-refractivity contribution in [1.29, 1.82) is 10.5 Å². The molecule has 2 aromatic rings. The van der Waals surface area contributed by atoms with Gasteiger partial charge < -0.3 is 15.4 Å². The second-order valence-electron chi connectivity index (χ2n) is 9.45. The van der Waals surface area contributed by atoms with E-state index in [-0.39, 0.29) is 5.56 Å². The first-order valence-electron chi connectivity index (χ1n) is 12.0. The van der Waals surface area contributed by atoms with E-state index in [4.69, 9.17) is 15.5 Å². The van der Waals surface area contributed by atoms with Crippen LogP contribution in [0.4, 0.5) is 10.6 Å². The second-order valence-corrected chi connectivity index (χ2v) is 10.5. The molecule has 194 valence electrons. The molecular formula is C26H31N7O3S. The summed E-state index contributed by atoms with van der Waals surface area (Å²) in [5, 5.41) is 21.3. The van der Waals surface area contributed by atoms with Gasteiger partial charge in [-0.05, 0) is 38.3 Å². The highest BCUT2D eigenvalue weighted by Gasteiger charge is 2.29. The molecule has 2 amide bonds. The number of primary amides is 1. The van der Waals surface area contributed by atoms with Crippen LogP contribution >= 0.6 is 11.8 Å². The maximum atomic E-state index is 12.4. The number of amides is 2. The van der Waals surface area contributed by atoms with E-state index in [9.17, 15) is 20.1 Å². The molecule has 1 aromatic heterocycles. The van der Waals surface area contributed by atoms with E-state index in [2.05, 4.69) is 17.6 Å². The van der Waals surface area contributed by atoms with Crippen LogP contribution < -0.4 is 16.1 Å². The van der Waals surface area contributed by atoms with Gasteiger partial charge in [-0.15, -0.1) is 0 Å². The maximum absolute atomic E-state index is 12.4. The molecular weight excluding hydrogens is 490 g/mol. The molecule has 1 saturated heterocycles. The van der Waals surface area contributed by atoms with Crippen molar-refractivity contribution >= 4 is 29.6 Å². The molecule has 1 aromatic carbocycles. The van der Waals surface area contributed by atoms with Crippen LogP contribution in [-0.2, 0) is 16.0 Å². The third-order valence-corrected chi connectivity index (χ3v) is 6.90. The minimum absolute atomic E-state index is 0.278. The lowest BCUT2D eigenvalue weighted by Gasteiger charge is -2.36. The molecule has 1 fully saturated rings. The molecule has 0 saturated carbocycles. The van der Waals surface area contributed by atoms with Gasteiger partial charge in [-0.2, -0.15) is 10.5 Å². The zero-order valence-corrected chi connectivity index (χ0v) is 22.3. The summed E-state index contributed by atoms with van der Waals surface area (Å²) < 4.78 is 5.32. The number of nitriles is 2. The summed E-state index contributed by atoms with van der Waals surface area (Å²) in [6.45, 7) is 9.18. The van der Waals surface area contributed by atoms with Crippen molar-refractivity contribution in [1.82, 2.24) is 15.4 Å². The fourth-order valence-electron chi connectivity index (χ4n) is 3.99. The Kier molecular flexibility index (Phi) is 8.98. The number of hydrogen-bond donors (Lipinski definition) is 2. The van der Waals surface area contributed by atoms with Crippen LogP contribution in [0.3, 0.4) is 0 Å². The van der Waals surface area contributed by atoms with Gasteiger partial charge in [0.1, 0.15) is 33.8 Å². The summed E-state index contributed by atoms with van der Waals surface area (Å²) in [4.78, 5) is 31.2. The number of nitrogens with two attached hydrogens (primary N) is 1. The standard InChI is InChI=1S/C26H31N7O3S/c1-5-18-19(15-27)23(32-11-13-33(14-12-32)31-25(35)36-26(2,3)4)30-24(20(18)16-28)37-21(22(29)34)17-9-7-6-8-10-17/h6-10,21H,5,11-14H2,1-4H3,(H2,29,34)(H,31,35). The number of piperazine rings is 1. The highest BCUT2D eigenvalue weighted by atomic mass is 32.2. The summed E-state index contributed by atoms with van der Waals surface area (Å²) in [5.74, 6) is -0.0956. The smallest absolute Gasteiger partial charge is 0.422 e. The fourth-order valence-corrected chi connectivity index (χ4v) is 5.05. The van der Waals surface area contributed by atoms with Crippen LogP contribution in [0.5, 0.6) is 0 Å². The van der Waals surface area contributed by atoms with Crippen molar-refractivity contribution in [3.63, 3.8) is 0 Å². The number of aromatic nitrogens is 1. The monoisotopic (exact) mass is 521 g/mol. The van der Waals surface area contributed by atoms with Gasteiger partial charge in [0.05, 0.1) is 11.1 Å². The fraction of sp³-hybridized carbons (Fsp3) is 0.423. The Morgan fingerprint density at radius 1 is 1.14 bits per heavy atom. The number of rotatable bonds is 7. The lowest BCUT2D eigenvalue weighted by Crippen LogP contribution is -2.54. The Labute approximate surface area is 221 Å². The number of hydrogen-bond acceptors (Lipinski definition) is 9. The van der Waals surface area contributed by atoms with Crippen LogP contribution in [0, 0.1) is 22.7 Å². The van der Waals surface area contributed by atoms with E-state index in [0.717, 1.165) is 11.8 Å². The zero-order chi connectivity index (χ0) is 27.2. The van der Waals surface area contributed by atoms with Crippen molar-refractivity contribution in [2.24, 2.45) is 5.73 Å². The molecule has 0 aliphatic carbocycles. The Hall–Kier alpha value is -3.80. The highest BCUT2D eigenvalue weighted by Crippen LogP contribution is 2.39. The molecule has 1 atom stereocenters. The van der Waals surface area contributed by atoms with Crippen molar-refractivity contribution in [2.75, 3.05) is 31.1 Å². The van der Waals surface area contributed by atoms with Gasteiger partial charge in [-0.1, -0.05) is 49.0 Å². The molecule has 2 heterocycles. The first kappa shape index (κ1) is 27.8. The maximum Gasteiger partial charge on any atom is 0.422 e. The number of ether oxygens (including phenoxy) is 1. The van der Waals surface area contributed by atoms with Crippen LogP contribution in [-0.4, -0.2) is 53.8 Å². The number of pyridine rings is 1. The van der Waals surface area contributed by atoms with Gasteiger partial charge >= 0.3 is 6.09 Å². The van der Waals surface area contributed by atoms with Crippen molar-refractivity contribution in [3.05, 3.63) is 52.6 Å². The molecule has 11 heteroatoms. The molecule has 0 radical (unpaired) electrons. The molecule has 0 spiro atoms. The Morgan fingerprint density at radius 3 is 2.27 bits per heavy atom. The number of carbonyl (C=O) groups excluding carboxylic acids is 2. The van der Waals surface area contributed by atoms with E-state index in [1.165, 1.54) is 0 Å². The lowest BCUT2D eigenvalue weighted by atomic mass is 10.0. The highest BCUT2D eigenvalue weighted by molar-refractivity contribution is 8.00. The van der Waals surface area contributed by atoms with E-state index < -0.39 is 22.9 Å². The first-order valence-corrected chi connectivity index (χ1v) is 12.8. The third kappa shape index (κ3) is 6.91. The SMILES string of the molecule is CCc1c(C#N)c(SC(C(N)=O)c2ccccc2)nc(N2CCN(NC(=O)OC(C)(C)C)CC2)c1C#N. The molecule has 3 N–H and O–H groups in total. The number of hydrazine groups is 1. The molecule has 37 heavy (non-hydrogen) atoms. The number of nitrogens with zero attached hydrogens (tertiary/aromatic N) is 5. The quantitative estimate of drug-likeness (QED) is 0.524. The first-order chi connectivity index (χ1) is 17.6. The molecule has 10 nitrogen and oxygen atoms in total. The van der Waals surface area contributed by atoms with Crippen LogP contribution in [0.2, 0.25) is 0 Å². The second kappa shape index (κ2) is 12.0. The molecule has 1 aliphatic rings. The Balaban J connectivity index is 1.91. The number of carbonyl (C=O) groups is 2. The third-order valence-electron chi connectivity index (χ3n) is 5.64. The lowest BCUT2D eigenvalue weighted by molar-refractivity contribution is -0.117. The normalized spacial score (nSPS) is 14.8. The van der Waals surface area contributed by atoms with Crippen LogP contribution in [0.25, 0.3) is 0 Å². The van der Waals surface area contributed by atoms with E-state index in [1.807, 2.05) is 30.0 Å². The average Bonchev–Trinajstić information content (AvgIpc) is 2.85. The zero-order valence-electron chi connectivity index (χ0n) is 21.4. The largest absolute Gasteiger partial charge is 0.443 e. The topological polar surface area (TPSA) is 148 Å². The van der Waals surface area contributed by atoms with Gasteiger partial charge in [0.25, 0.3) is 0 Å². The van der Waals surface area contributed by atoms with Crippen molar-refractivity contribution in [3.8, 4) is 12.1 Å². The molecule has 1 aliphatic heterocycles. The minimum Gasteiger partial charge on any atom is -0.443 e. The predicted octanol–water partition coefficient (Wildman–Crippen LogP) is 3.27. The van der Waals surface area contributed by atoms with Gasteiger partial charge in [0.2, 0.25) is 5.91 Å². The van der Waals surface area contributed by atoms with E-state index in [0.29, 0.717) is 60.1 Å². The Morgan fingerprint density at radius 2 is 1.76 bits per heavy atom. The summed E-state index contributed by atoms with van der Waals surface area (Å²) in [5.41, 5.74) is 9.78. The minimum atomic E-state index is -0.749. The predicted molar refractivity (Wildman–Crippen MR) is 140 cm³/mol. The number of thioether (sulfide) groups is 1. The van der Waals surface area contributed by atoms with Crippen LogP contribution in [0.1, 0.15) is 55.2 Å². The summed E-state index contributed by atoms with van der Waals surface area (Å²) in [6, 6.07) is 13.5. The van der Waals surface area contributed by atoms with Crippen LogP contribution in [0.15, 0.2) is 35.4 Å². The summed E-state index contributed by atoms with van der Waals surface area (Å²) >= 11 is 1.11. The molecule has 3 rings (SSSR count). The van der Waals surface area contributed by atoms with E-state index in [1.54, 1.807) is 37.9 Å². The van der Waals surface area contributed by atoms with Gasteiger partial charge in [-0.25, -0.2) is 14.8 Å². The van der Waals surface area contributed by atoms with Gasteiger partial charge in [0, 0.05) is 26.2 Å². The number of benzene rings is 1. The number of anilines is 1. The van der Waals surface area contributed by atoms with Crippen molar-refractivity contribution in [2.45, 2.75) is 50.0 Å². The van der Waals surface area contributed by atoms with Gasteiger partial charge in [0.15, 0.2) is 0 Å². The van der Waals surface area contributed by atoms with Gasteiger partial charge in [-0.3, -0.25) is 10.2 Å². The average molecular weight is 522 g/mol.